The molecule has 0 atom stereocenters. The second-order valence-electron chi connectivity index (χ2n) is 2.75. The molecule has 1 aromatic rings. The Morgan fingerprint density at radius 1 is 1.38 bits per heavy atom. The predicted molar refractivity (Wildman–Crippen MR) is 41.7 cm³/mol. The first-order valence-electron chi connectivity index (χ1n) is 3.80. The van der Waals surface area contributed by atoms with Crippen molar-refractivity contribution < 1.29 is 22.0 Å². The molecule has 0 aromatic carbocycles. The van der Waals surface area contributed by atoms with Gasteiger partial charge >= 0.3 is 6.18 Å². The summed E-state index contributed by atoms with van der Waals surface area (Å²) in [4.78, 5) is 12.2. The van der Waals surface area contributed by atoms with Crippen molar-refractivity contribution in [2.24, 2.45) is 0 Å². The highest BCUT2D eigenvalue weighted by atomic mass is 19.4. The Balaban J connectivity index is 3.52. The molecule has 3 nitrogen and oxygen atoms in total. The molecule has 86 valence electrons. The summed E-state index contributed by atoms with van der Waals surface area (Å²) in [5, 5.41) is 8.38. The first-order valence-corrected chi connectivity index (χ1v) is 3.80. The van der Waals surface area contributed by atoms with Gasteiger partial charge < -0.3 is 4.98 Å². The summed E-state index contributed by atoms with van der Waals surface area (Å²) in [6, 6.07) is 1.28. The summed E-state index contributed by atoms with van der Waals surface area (Å²) >= 11 is 0. The molecule has 0 amide bonds. The smallest absolute Gasteiger partial charge is 0.319 e. The monoisotopic (exact) mass is 238 g/mol. The van der Waals surface area contributed by atoms with Crippen LogP contribution in [0.25, 0.3) is 0 Å². The number of hydrogen-bond donors (Lipinski definition) is 1. The lowest BCUT2D eigenvalue weighted by Gasteiger charge is -2.08. The van der Waals surface area contributed by atoms with Gasteiger partial charge in [-0.2, -0.15) is 18.4 Å². The Hall–Kier alpha value is -1.91. The fourth-order valence-corrected chi connectivity index (χ4v) is 1.02. The van der Waals surface area contributed by atoms with E-state index in [0.29, 0.717) is 0 Å². The summed E-state index contributed by atoms with van der Waals surface area (Å²) in [7, 11) is 0. The van der Waals surface area contributed by atoms with Gasteiger partial charge in [0.2, 0.25) is 0 Å². The first kappa shape index (κ1) is 12.2. The van der Waals surface area contributed by atoms with E-state index in [1.54, 1.807) is 0 Å². The van der Waals surface area contributed by atoms with Gasteiger partial charge in [-0.3, -0.25) is 4.79 Å². The van der Waals surface area contributed by atoms with Crippen molar-refractivity contribution in [1.82, 2.24) is 4.98 Å². The molecule has 0 aliphatic rings. The van der Waals surface area contributed by atoms with E-state index in [0.717, 1.165) is 0 Å². The minimum absolute atomic E-state index is 0.111. The van der Waals surface area contributed by atoms with Gasteiger partial charge in [-0.25, -0.2) is 8.78 Å². The lowest BCUT2D eigenvalue weighted by molar-refractivity contribution is -0.138. The summed E-state index contributed by atoms with van der Waals surface area (Å²) < 4.78 is 61.0. The number of rotatable bonds is 1. The maximum Gasteiger partial charge on any atom is 0.421 e. The highest BCUT2D eigenvalue weighted by molar-refractivity contribution is 5.37. The highest BCUT2D eigenvalue weighted by Crippen LogP contribution is 2.28. The average Bonchev–Trinajstić information content (AvgIpc) is 2.15. The Bertz CT molecular complexity index is 497. The van der Waals surface area contributed by atoms with Crippen LogP contribution in [0.15, 0.2) is 10.9 Å². The molecule has 0 aliphatic heterocycles. The van der Waals surface area contributed by atoms with E-state index < -0.39 is 35.0 Å². The largest absolute Gasteiger partial charge is 0.421 e. The van der Waals surface area contributed by atoms with Crippen molar-refractivity contribution in [3.05, 3.63) is 33.2 Å². The quantitative estimate of drug-likeness (QED) is 0.762. The molecule has 0 spiro atoms. The summed E-state index contributed by atoms with van der Waals surface area (Å²) in [6.07, 6.45) is -8.20. The molecule has 1 rings (SSSR count). The van der Waals surface area contributed by atoms with E-state index in [4.69, 9.17) is 5.26 Å². The Labute approximate surface area is 85.1 Å². The number of pyridine rings is 1. The lowest BCUT2D eigenvalue weighted by Crippen LogP contribution is -2.23. The Morgan fingerprint density at radius 2 is 1.94 bits per heavy atom. The number of alkyl halides is 5. The molecule has 1 aromatic heterocycles. The van der Waals surface area contributed by atoms with Crippen LogP contribution in [0.4, 0.5) is 22.0 Å². The van der Waals surface area contributed by atoms with Crippen LogP contribution in [-0.4, -0.2) is 4.98 Å². The minimum atomic E-state index is -4.99. The second kappa shape index (κ2) is 3.92. The van der Waals surface area contributed by atoms with E-state index in [1.807, 2.05) is 0 Å². The number of nitrogens with one attached hydrogen (secondary N) is 1. The number of aromatic nitrogens is 1. The van der Waals surface area contributed by atoms with Gasteiger partial charge in [0, 0.05) is 0 Å². The summed E-state index contributed by atoms with van der Waals surface area (Å²) in [6.45, 7) is 0. The van der Waals surface area contributed by atoms with E-state index >= 15 is 0 Å². The van der Waals surface area contributed by atoms with Gasteiger partial charge in [0.1, 0.15) is 17.3 Å². The number of nitrogens with zero attached hydrogens (tertiary/aromatic N) is 1. The van der Waals surface area contributed by atoms with Gasteiger partial charge in [-0.1, -0.05) is 0 Å². The lowest BCUT2D eigenvalue weighted by atomic mass is 10.1. The van der Waals surface area contributed by atoms with Crippen molar-refractivity contribution in [3.63, 3.8) is 0 Å². The Morgan fingerprint density at radius 3 is 2.31 bits per heavy atom. The molecule has 8 heteroatoms. The van der Waals surface area contributed by atoms with Gasteiger partial charge in [0.15, 0.2) is 0 Å². The predicted octanol–water partition coefficient (Wildman–Crippen LogP) is 2.20. The average molecular weight is 238 g/mol. The van der Waals surface area contributed by atoms with Crippen LogP contribution < -0.4 is 5.56 Å². The SMILES string of the molecule is N#Cc1cc(C(F)(F)F)c(=O)[nH]c1C(F)F. The molecule has 0 bridgehead atoms. The molecule has 0 unspecified atom stereocenters. The Kier molecular flexibility index (Phi) is 2.98. The van der Waals surface area contributed by atoms with Crippen LogP contribution in [0.2, 0.25) is 0 Å². The van der Waals surface area contributed by atoms with Crippen molar-refractivity contribution in [2.75, 3.05) is 0 Å². The van der Waals surface area contributed by atoms with Crippen LogP contribution in [0, 0.1) is 11.3 Å². The molecule has 0 fully saturated rings. The van der Waals surface area contributed by atoms with E-state index in [9.17, 15) is 26.7 Å². The zero-order valence-corrected chi connectivity index (χ0v) is 7.40. The molecule has 0 saturated heterocycles. The number of aromatic amines is 1. The maximum absolute atomic E-state index is 12.2. The fourth-order valence-electron chi connectivity index (χ4n) is 1.02. The fraction of sp³-hybridized carbons (Fsp3) is 0.250. The van der Waals surface area contributed by atoms with E-state index in [2.05, 4.69) is 0 Å². The van der Waals surface area contributed by atoms with Crippen molar-refractivity contribution in [3.8, 4) is 6.07 Å². The van der Waals surface area contributed by atoms with Gasteiger partial charge in [0.05, 0.1) is 5.56 Å². The van der Waals surface area contributed by atoms with Crippen molar-refractivity contribution >= 4 is 0 Å². The van der Waals surface area contributed by atoms with Crippen LogP contribution in [0.3, 0.4) is 0 Å². The second-order valence-corrected chi connectivity index (χ2v) is 2.75. The number of H-pyrrole nitrogens is 1. The minimum Gasteiger partial charge on any atom is -0.319 e. The number of nitriles is 1. The van der Waals surface area contributed by atoms with Crippen molar-refractivity contribution in [1.29, 1.82) is 5.26 Å². The zero-order chi connectivity index (χ0) is 12.5. The van der Waals surface area contributed by atoms with Gasteiger partial charge in [0.25, 0.3) is 12.0 Å². The van der Waals surface area contributed by atoms with E-state index in [1.165, 1.54) is 11.1 Å². The molecule has 0 saturated carbocycles. The number of hydrogen-bond acceptors (Lipinski definition) is 2. The van der Waals surface area contributed by atoms with Crippen LogP contribution in [0.1, 0.15) is 23.2 Å². The number of halogens is 5. The van der Waals surface area contributed by atoms with Crippen LogP contribution in [-0.2, 0) is 6.18 Å². The van der Waals surface area contributed by atoms with Crippen molar-refractivity contribution in [2.45, 2.75) is 12.6 Å². The third kappa shape index (κ3) is 2.18. The van der Waals surface area contributed by atoms with E-state index in [-0.39, 0.29) is 6.07 Å². The highest BCUT2D eigenvalue weighted by Gasteiger charge is 2.35. The molecule has 1 heterocycles. The van der Waals surface area contributed by atoms with Gasteiger partial charge in [-0.05, 0) is 6.07 Å². The third-order valence-corrected chi connectivity index (χ3v) is 1.72. The normalized spacial score (nSPS) is 11.6. The third-order valence-electron chi connectivity index (χ3n) is 1.72. The summed E-state index contributed by atoms with van der Waals surface area (Å²) in [5.41, 5.74) is -5.38. The molecule has 16 heavy (non-hydrogen) atoms. The first-order chi connectivity index (χ1) is 7.27. The topological polar surface area (TPSA) is 56.6 Å². The summed E-state index contributed by atoms with van der Waals surface area (Å²) in [5.74, 6) is 0. The van der Waals surface area contributed by atoms with Crippen LogP contribution >= 0.6 is 0 Å². The molecule has 0 radical (unpaired) electrons. The molecular formula is C8H3F5N2O. The zero-order valence-electron chi connectivity index (χ0n) is 7.40. The standard InChI is InChI=1S/C8H3F5N2O/c9-6(10)5-3(2-14)1-4(7(16)15-5)8(11,12)13/h1,6H,(H,15,16). The van der Waals surface area contributed by atoms with Crippen LogP contribution in [0.5, 0.6) is 0 Å². The molecular weight excluding hydrogens is 235 g/mol. The molecule has 0 aliphatic carbocycles. The molecule has 1 N–H and O–H groups in total. The maximum atomic E-state index is 12.2. The van der Waals surface area contributed by atoms with Gasteiger partial charge in [-0.15, -0.1) is 0 Å².